The number of pyridine rings is 1. The van der Waals surface area contributed by atoms with E-state index in [2.05, 4.69) is 10.3 Å². The number of likely N-dealkylation sites (tertiary alicyclic amines) is 1. The molecule has 5 nitrogen and oxygen atoms in total. The second-order valence-corrected chi connectivity index (χ2v) is 6.18. The number of rotatable bonds is 6. The van der Waals surface area contributed by atoms with Gasteiger partial charge < -0.3 is 10.2 Å². The van der Waals surface area contributed by atoms with E-state index in [0.717, 1.165) is 43.5 Å². The molecule has 1 aliphatic rings. The Morgan fingerprint density at radius 3 is 2.96 bits per heavy atom. The first-order valence-electron chi connectivity index (χ1n) is 8.60. The van der Waals surface area contributed by atoms with Crippen molar-refractivity contribution < 1.29 is 9.59 Å². The summed E-state index contributed by atoms with van der Waals surface area (Å²) >= 11 is 0. The third kappa shape index (κ3) is 5.05. The van der Waals surface area contributed by atoms with Crippen LogP contribution in [0.2, 0.25) is 0 Å². The Morgan fingerprint density at radius 1 is 1.39 bits per heavy atom. The molecule has 0 radical (unpaired) electrons. The molecule has 0 spiro atoms. The normalized spacial score (nSPS) is 16.8. The van der Waals surface area contributed by atoms with Gasteiger partial charge in [0.15, 0.2) is 0 Å². The monoisotopic (exact) mass is 317 g/mol. The van der Waals surface area contributed by atoms with E-state index in [4.69, 9.17) is 0 Å². The summed E-state index contributed by atoms with van der Waals surface area (Å²) in [7, 11) is 0. The zero-order valence-electron chi connectivity index (χ0n) is 14.2. The van der Waals surface area contributed by atoms with Crippen LogP contribution in [0.25, 0.3) is 0 Å². The van der Waals surface area contributed by atoms with Crippen molar-refractivity contribution in [3.8, 4) is 0 Å². The average Bonchev–Trinajstić information content (AvgIpc) is 2.76. The Labute approximate surface area is 138 Å². The van der Waals surface area contributed by atoms with E-state index in [1.807, 2.05) is 30.9 Å². The Kier molecular flexibility index (Phi) is 6.56. The van der Waals surface area contributed by atoms with Gasteiger partial charge >= 0.3 is 0 Å². The number of nitrogens with zero attached hydrogens (tertiary/aromatic N) is 2. The molecule has 0 aromatic carbocycles. The third-order valence-electron chi connectivity index (χ3n) is 4.40. The van der Waals surface area contributed by atoms with Crippen LogP contribution >= 0.6 is 0 Å². The fourth-order valence-electron chi connectivity index (χ4n) is 3.00. The van der Waals surface area contributed by atoms with E-state index in [1.165, 1.54) is 0 Å². The molecule has 2 amide bonds. The largest absolute Gasteiger partial charge is 0.348 e. The quantitative estimate of drug-likeness (QED) is 0.877. The molecule has 1 aromatic heterocycles. The van der Waals surface area contributed by atoms with Crippen LogP contribution in [0.5, 0.6) is 0 Å². The van der Waals surface area contributed by atoms with Gasteiger partial charge in [-0.05, 0) is 37.8 Å². The number of carbonyl (C=O) groups is 2. The van der Waals surface area contributed by atoms with Crippen LogP contribution < -0.4 is 5.32 Å². The second kappa shape index (κ2) is 8.65. The highest BCUT2D eigenvalue weighted by molar-refractivity contribution is 5.79. The first-order chi connectivity index (χ1) is 11.1. The van der Waals surface area contributed by atoms with Crippen LogP contribution in [0.1, 0.15) is 62.7 Å². The van der Waals surface area contributed by atoms with Gasteiger partial charge in [0.25, 0.3) is 0 Å². The van der Waals surface area contributed by atoms with Gasteiger partial charge in [0, 0.05) is 32.1 Å². The lowest BCUT2D eigenvalue weighted by atomic mass is 10.1. The number of carbonyl (C=O) groups excluding carboxylic acids is 2. The van der Waals surface area contributed by atoms with E-state index < -0.39 is 0 Å². The Bertz CT molecular complexity index is 545. The van der Waals surface area contributed by atoms with Crippen molar-refractivity contribution in [1.82, 2.24) is 15.2 Å². The van der Waals surface area contributed by atoms with Gasteiger partial charge in [-0.25, -0.2) is 0 Å². The maximum atomic E-state index is 12.3. The number of aromatic nitrogens is 1. The van der Waals surface area contributed by atoms with E-state index in [0.29, 0.717) is 19.4 Å². The van der Waals surface area contributed by atoms with E-state index in [-0.39, 0.29) is 17.9 Å². The van der Waals surface area contributed by atoms with E-state index >= 15 is 0 Å². The second-order valence-electron chi connectivity index (χ2n) is 6.18. The molecule has 1 atom stereocenters. The van der Waals surface area contributed by atoms with Crippen molar-refractivity contribution >= 4 is 11.8 Å². The first kappa shape index (κ1) is 17.4. The number of hydrogen-bond donors (Lipinski definition) is 1. The zero-order valence-corrected chi connectivity index (χ0v) is 14.2. The molecule has 1 N–H and O–H groups in total. The smallest absolute Gasteiger partial charge is 0.222 e. The molecule has 0 saturated carbocycles. The Hall–Kier alpha value is -1.91. The van der Waals surface area contributed by atoms with Crippen LogP contribution in [0.3, 0.4) is 0 Å². The van der Waals surface area contributed by atoms with Crippen LogP contribution in [-0.2, 0) is 9.59 Å². The highest BCUT2D eigenvalue weighted by atomic mass is 16.2. The molecule has 23 heavy (non-hydrogen) atoms. The SMILES string of the molecule is CC[C@H](NC(=O)CCN1CCCCCC1=O)c1ncccc1C. The summed E-state index contributed by atoms with van der Waals surface area (Å²) in [5.41, 5.74) is 2.01. The predicted octanol–water partition coefficient (Wildman–Crippen LogP) is 2.75. The van der Waals surface area contributed by atoms with Gasteiger partial charge in [0.1, 0.15) is 0 Å². The molecule has 2 heterocycles. The van der Waals surface area contributed by atoms with Crippen LogP contribution in [0, 0.1) is 6.92 Å². The topological polar surface area (TPSA) is 62.3 Å². The van der Waals surface area contributed by atoms with Gasteiger partial charge in [-0.2, -0.15) is 0 Å². The average molecular weight is 317 g/mol. The molecule has 2 rings (SSSR count). The zero-order chi connectivity index (χ0) is 16.7. The minimum atomic E-state index is -0.0662. The lowest BCUT2D eigenvalue weighted by Crippen LogP contribution is -2.36. The molecule has 0 unspecified atom stereocenters. The number of amides is 2. The Balaban J connectivity index is 1.88. The van der Waals surface area contributed by atoms with Gasteiger partial charge in [-0.15, -0.1) is 0 Å². The first-order valence-corrected chi connectivity index (χ1v) is 8.60. The molecule has 0 bridgehead atoms. The number of hydrogen-bond acceptors (Lipinski definition) is 3. The van der Waals surface area contributed by atoms with E-state index in [9.17, 15) is 9.59 Å². The highest BCUT2D eigenvalue weighted by Crippen LogP contribution is 2.18. The van der Waals surface area contributed by atoms with Crippen molar-refractivity contribution in [1.29, 1.82) is 0 Å². The van der Waals surface area contributed by atoms with Crippen molar-refractivity contribution in [2.24, 2.45) is 0 Å². The summed E-state index contributed by atoms with van der Waals surface area (Å²) in [6.45, 7) is 5.34. The van der Waals surface area contributed by atoms with Crippen molar-refractivity contribution in [2.75, 3.05) is 13.1 Å². The molecule has 0 aliphatic carbocycles. The lowest BCUT2D eigenvalue weighted by molar-refractivity contribution is -0.131. The predicted molar refractivity (Wildman–Crippen MR) is 89.8 cm³/mol. The molecule has 1 saturated heterocycles. The van der Waals surface area contributed by atoms with Crippen LogP contribution in [0.15, 0.2) is 18.3 Å². The molecular weight excluding hydrogens is 290 g/mol. The molecule has 5 heteroatoms. The van der Waals surface area contributed by atoms with Gasteiger partial charge in [-0.1, -0.05) is 19.4 Å². The van der Waals surface area contributed by atoms with Gasteiger partial charge in [0.2, 0.25) is 11.8 Å². The summed E-state index contributed by atoms with van der Waals surface area (Å²) in [6, 6.07) is 3.84. The fourth-order valence-corrected chi connectivity index (χ4v) is 3.00. The van der Waals surface area contributed by atoms with Crippen molar-refractivity contribution in [3.05, 3.63) is 29.6 Å². The van der Waals surface area contributed by atoms with E-state index in [1.54, 1.807) is 6.20 Å². The minimum absolute atomic E-state index is 0.0149. The van der Waals surface area contributed by atoms with Crippen LogP contribution in [0.4, 0.5) is 0 Å². The van der Waals surface area contributed by atoms with Gasteiger partial charge in [0.05, 0.1) is 11.7 Å². The third-order valence-corrected chi connectivity index (χ3v) is 4.40. The number of nitrogens with one attached hydrogen (secondary N) is 1. The fraction of sp³-hybridized carbons (Fsp3) is 0.611. The number of aryl methyl sites for hydroxylation is 1. The molecule has 1 fully saturated rings. The molecule has 1 aliphatic heterocycles. The standard InChI is InChI=1S/C18H27N3O2/c1-3-15(18-14(2)8-7-11-19-18)20-16(22)10-13-21-12-6-4-5-9-17(21)23/h7-8,11,15H,3-6,9-10,12-13H2,1-2H3,(H,20,22)/t15-/m0/s1. The van der Waals surface area contributed by atoms with Gasteiger partial charge in [-0.3, -0.25) is 14.6 Å². The van der Waals surface area contributed by atoms with Crippen molar-refractivity contribution in [2.45, 2.75) is 58.4 Å². The Morgan fingerprint density at radius 2 is 2.22 bits per heavy atom. The molecular formula is C18H27N3O2. The molecule has 1 aromatic rings. The lowest BCUT2D eigenvalue weighted by Gasteiger charge is -2.22. The minimum Gasteiger partial charge on any atom is -0.348 e. The molecule has 126 valence electrons. The summed E-state index contributed by atoms with van der Waals surface area (Å²) in [5, 5.41) is 3.05. The summed E-state index contributed by atoms with van der Waals surface area (Å²) in [5.74, 6) is 0.168. The maximum absolute atomic E-state index is 12.3. The van der Waals surface area contributed by atoms with Crippen molar-refractivity contribution in [3.63, 3.8) is 0 Å². The summed E-state index contributed by atoms with van der Waals surface area (Å²) < 4.78 is 0. The highest BCUT2D eigenvalue weighted by Gasteiger charge is 2.19. The summed E-state index contributed by atoms with van der Waals surface area (Å²) in [4.78, 5) is 30.4. The van der Waals surface area contributed by atoms with Crippen LogP contribution in [-0.4, -0.2) is 34.8 Å². The summed E-state index contributed by atoms with van der Waals surface area (Å²) in [6.07, 6.45) is 6.64. The maximum Gasteiger partial charge on any atom is 0.222 e.